The zero-order valence-corrected chi connectivity index (χ0v) is 23.1. The van der Waals surface area contributed by atoms with Crippen LogP contribution in [0.5, 0.6) is 6.01 Å². The van der Waals surface area contributed by atoms with Crippen LogP contribution in [0, 0.1) is 18.6 Å². The number of hydrogen-bond acceptors (Lipinski definition) is 8. The van der Waals surface area contributed by atoms with Crippen molar-refractivity contribution in [1.82, 2.24) is 35.4 Å². The van der Waals surface area contributed by atoms with E-state index in [1.807, 2.05) is 4.90 Å². The van der Waals surface area contributed by atoms with Gasteiger partial charge in [-0.05, 0) is 63.4 Å². The molecule has 0 radical (unpaired) electrons. The highest BCUT2D eigenvalue weighted by Crippen LogP contribution is 2.40. The van der Waals surface area contributed by atoms with Gasteiger partial charge in [-0.2, -0.15) is 23.8 Å². The summed E-state index contributed by atoms with van der Waals surface area (Å²) in [6.45, 7) is 5.03. The van der Waals surface area contributed by atoms with Crippen molar-refractivity contribution in [2.24, 2.45) is 0 Å². The van der Waals surface area contributed by atoms with Crippen molar-refractivity contribution >= 4 is 27.6 Å². The molecule has 1 aromatic carbocycles. The lowest BCUT2D eigenvalue weighted by Gasteiger charge is -2.34. The highest BCUT2D eigenvalue weighted by molar-refractivity contribution is 5.99. The van der Waals surface area contributed by atoms with Gasteiger partial charge in [-0.1, -0.05) is 0 Å². The third-order valence-corrected chi connectivity index (χ3v) is 8.94. The molecule has 0 aliphatic carbocycles. The fraction of sp³-hybridized carbons (Fsp3) is 0.448. The molecule has 6 heterocycles. The Hall–Kier alpha value is -3.84. The normalized spacial score (nSPS) is 20.4. The molecule has 3 aromatic heterocycles. The number of piperazine rings is 1. The summed E-state index contributed by atoms with van der Waals surface area (Å²) in [6.07, 6.45) is 6.25. The third-order valence-electron chi connectivity index (χ3n) is 8.94. The number of hydrogen-bond donors (Lipinski definition) is 2. The fourth-order valence-electron chi connectivity index (χ4n) is 6.86. The predicted molar refractivity (Wildman–Crippen MR) is 150 cm³/mol. The van der Waals surface area contributed by atoms with Crippen molar-refractivity contribution in [2.45, 2.75) is 44.2 Å². The molecule has 9 nitrogen and oxygen atoms in total. The van der Waals surface area contributed by atoms with E-state index in [0.29, 0.717) is 41.8 Å². The Morgan fingerprint density at radius 3 is 2.71 bits per heavy atom. The first-order valence-corrected chi connectivity index (χ1v) is 14.2. The summed E-state index contributed by atoms with van der Waals surface area (Å²) >= 11 is 0. The average Bonchev–Trinajstić information content (AvgIpc) is 3.69. The maximum absolute atomic E-state index is 16.5. The van der Waals surface area contributed by atoms with Crippen LogP contribution in [-0.4, -0.2) is 81.0 Å². The lowest BCUT2D eigenvalue weighted by Crippen LogP contribution is -2.50. The molecule has 0 amide bonds. The van der Waals surface area contributed by atoms with Crippen LogP contribution in [0.4, 0.5) is 23.4 Å². The van der Waals surface area contributed by atoms with Gasteiger partial charge in [0.2, 0.25) is 0 Å². The number of nitrogens with one attached hydrogen (secondary N) is 2. The molecule has 42 heavy (non-hydrogen) atoms. The van der Waals surface area contributed by atoms with Crippen molar-refractivity contribution in [1.29, 1.82) is 0 Å². The van der Waals surface area contributed by atoms with E-state index in [4.69, 9.17) is 4.74 Å². The smallest absolute Gasteiger partial charge is 0.319 e. The zero-order valence-electron chi connectivity index (χ0n) is 23.1. The molecule has 0 saturated carbocycles. The molecule has 7 rings (SSSR count). The molecule has 3 fully saturated rings. The number of H-pyrrole nitrogens is 1. The number of fused-ring (bicyclic) bond motifs is 3. The molecular formula is C29H30F4N8O. The highest BCUT2D eigenvalue weighted by atomic mass is 19.3. The quantitative estimate of drug-likeness (QED) is 0.316. The first-order valence-electron chi connectivity index (χ1n) is 14.2. The van der Waals surface area contributed by atoms with E-state index in [9.17, 15) is 13.2 Å². The molecule has 1 unspecified atom stereocenters. The van der Waals surface area contributed by atoms with Crippen LogP contribution in [0.15, 0.2) is 30.6 Å². The monoisotopic (exact) mass is 582 g/mol. The number of rotatable bonds is 6. The van der Waals surface area contributed by atoms with Gasteiger partial charge in [0.15, 0.2) is 5.82 Å². The minimum atomic E-state index is -1.78. The lowest BCUT2D eigenvalue weighted by molar-refractivity contribution is 0.108. The SMILES string of the molecule is Cc1c(F)cc2[nH]ncc2c1-c1ncc2c(N3CCNC(C=C(F)F)C3)nc(OCC34CCCN3CCC4)nc2c1F. The molecule has 3 saturated heterocycles. The number of nitrogens with zero attached hydrogens (tertiary/aromatic N) is 6. The topological polar surface area (TPSA) is 95.1 Å². The summed E-state index contributed by atoms with van der Waals surface area (Å²) < 4.78 is 63.8. The van der Waals surface area contributed by atoms with Crippen molar-refractivity contribution in [3.63, 3.8) is 0 Å². The highest BCUT2D eigenvalue weighted by Gasteiger charge is 2.45. The number of aromatic amines is 1. The van der Waals surface area contributed by atoms with E-state index in [2.05, 4.69) is 35.4 Å². The van der Waals surface area contributed by atoms with E-state index in [-0.39, 0.29) is 40.4 Å². The van der Waals surface area contributed by atoms with Gasteiger partial charge in [-0.15, -0.1) is 0 Å². The maximum atomic E-state index is 16.5. The Bertz CT molecular complexity index is 1690. The van der Waals surface area contributed by atoms with Crippen LogP contribution in [0.2, 0.25) is 0 Å². The van der Waals surface area contributed by atoms with Crippen molar-refractivity contribution < 1.29 is 22.3 Å². The van der Waals surface area contributed by atoms with Crippen LogP contribution in [0.25, 0.3) is 33.1 Å². The van der Waals surface area contributed by atoms with Gasteiger partial charge in [-0.25, -0.2) is 8.78 Å². The molecule has 0 bridgehead atoms. The summed E-state index contributed by atoms with van der Waals surface area (Å²) in [5.74, 6) is -0.920. The average molecular weight is 583 g/mol. The van der Waals surface area contributed by atoms with Gasteiger partial charge in [0.05, 0.1) is 22.6 Å². The van der Waals surface area contributed by atoms with Crippen LogP contribution in [0.1, 0.15) is 31.2 Å². The summed E-state index contributed by atoms with van der Waals surface area (Å²) in [6, 6.07) is 0.703. The maximum Gasteiger partial charge on any atom is 0.319 e. The second-order valence-corrected chi connectivity index (χ2v) is 11.4. The number of aromatic nitrogens is 5. The summed E-state index contributed by atoms with van der Waals surface area (Å²) in [7, 11) is 0. The number of anilines is 1. The van der Waals surface area contributed by atoms with Gasteiger partial charge < -0.3 is 15.0 Å². The lowest BCUT2D eigenvalue weighted by atomic mass is 9.95. The third kappa shape index (κ3) is 4.55. The fourth-order valence-corrected chi connectivity index (χ4v) is 6.86. The molecule has 0 spiro atoms. The summed E-state index contributed by atoms with van der Waals surface area (Å²) in [4.78, 5) is 17.9. The zero-order chi connectivity index (χ0) is 29.0. The summed E-state index contributed by atoms with van der Waals surface area (Å²) in [5, 5.41) is 10.6. The second-order valence-electron chi connectivity index (χ2n) is 11.4. The van der Waals surface area contributed by atoms with E-state index < -0.39 is 23.8 Å². The van der Waals surface area contributed by atoms with Gasteiger partial charge in [0.25, 0.3) is 6.08 Å². The van der Waals surface area contributed by atoms with Gasteiger partial charge in [0.1, 0.15) is 29.5 Å². The first-order chi connectivity index (χ1) is 20.3. The number of pyridine rings is 1. The van der Waals surface area contributed by atoms with Gasteiger partial charge in [0, 0.05) is 42.8 Å². The Kier molecular flexibility index (Phi) is 6.73. The van der Waals surface area contributed by atoms with E-state index >= 15 is 4.39 Å². The van der Waals surface area contributed by atoms with Crippen LogP contribution >= 0.6 is 0 Å². The predicted octanol–water partition coefficient (Wildman–Crippen LogP) is 4.72. The number of benzene rings is 1. The first kappa shape index (κ1) is 27.0. The van der Waals surface area contributed by atoms with Crippen LogP contribution < -0.4 is 15.0 Å². The van der Waals surface area contributed by atoms with Gasteiger partial charge in [-0.3, -0.25) is 15.0 Å². The van der Waals surface area contributed by atoms with E-state index in [0.717, 1.165) is 44.8 Å². The number of ether oxygens (including phenoxy) is 1. The summed E-state index contributed by atoms with van der Waals surface area (Å²) in [5.41, 5.74) is 0.729. The van der Waals surface area contributed by atoms with Crippen molar-refractivity contribution in [3.05, 3.63) is 47.8 Å². The van der Waals surface area contributed by atoms with E-state index in [1.165, 1.54) is 18.5 Å². The Balaban J connectivity index is 1.35. The molecule has 2 N–H and O–H groups in total. The van der Waals surface area contributed by atoms with Crippen molar-refractivity contribution in [3.8, 4) is 17.3 Å². The van der Waals surface area contributed by atoms with E-state index in [1.54, 1.807) is 6.92 Å². The second kappa shape index (κ2) is 10.5. The molecule has 1 atom stereocenters. The Morgan fingerprint density at radius 1 is 1.12 bits per heavy atom. The Labute approximate surface area is 239 Å². The minimum absolute atomic E-state index is 0.00777. The molecule has 220 valence electrons. The molecule has 3 aliphatic rings. The molecule has 3 aliphatic heterocycles. The largest absolute Gasteiger partial charge is 0.461 e. The molecule has 13 heteroatoms. The number of halogens is 4. The van der Waals surface area contributed by atoms with Gasteiger partial charge >= 0.3 is 6.01 Å². The van der Waals surface area contributed by atoms with Crippen LogP contribution in [0.3, 0.4) is 0 Å². The molecule has 4 aromatic rings. The Morgan fingerprint density at radius 2 is 1.93 bits per heavy atom. The van der Waals surface area contributed by atoms with Crippen molar-refractivity contribution in [2.75, 3.05) is 44.2 Å². The molecular weight excluding hydrogens is 552 g/mol. The standard InChI is InChI=1S/C29H30F4N8O/c1-16-20(30)11-21-18(13-36-39-21)23(16)26-24(33)25-19(12-35-26)27(40-9-6-34-17(14-40)10-22(31)32)38-28(37-25)42-15-29-4-2-7-41(29)8-3-5-29/h10-13,17,34H,2-9,14-15H2,1H3,(H,36,39). The van der Waals surface area contributed by atoms with Crippen LogP contribution in [-0.2, 0) is 0 Å². The minimum Gasteiger partial charge on any atom is -0.461 e.